The van der Waals surface area contributed by atoms with Crippen molar-refractivity contribution in [1.82, 2.24) is 15.2 Å². The van der Waals surface area contributed by atoms with E-state index in [4.69, 9.17) is 0 Å². The van der Waals surface area contributed by atoms with Gasteiger partial charge < -0.3 is 5.32 Å². The third kappa shape index (κ3) is 3.29. The number of nitrogens with one attached hydrogen (secondary N) is 1. The first-order valence-corrected chi connectivity index (χ1v) is 6.11. The summed E-state index contributed by atoms with van der Waals surface area (Å²) in [6.07, 6.45) is 3.24. The van der Waals surface area contributed by atoms with Crippen LogP contribution in [0, 0.1) is 6.92 Å². The third-order valence-electron chi connectivity index (χ3n) is 3.05. The molecule has 0 radical (unpaired) electrons. The van der Waals surface area contributed by atoms with Crippen molar-refractivity contribution in [3.8, 4) is 0 Å². The molecule has 16 heavy (non-hydrogen) atoms. The van der Waals surface area contributed by atoms with Crippen molar-refractivity contribution in [3.63, 3.8) is 0 Å². The van der Waals surface area contributed by atoms with Gasteiger partial charge >= 0.3 is 0 Å². The highest BCUT2D eigenvalue weighted by Crippen LogP contribution is 2.07. The quantitative estimate of drug-likeness (QED) is 0.818. The number of aryl methyl sites for hydroxylation is 1. The van der Waals surface area contributed by atoms with Crippen LogP contribution in [0.25, 0.3) is 0 Å². The summed E-state index contributed by atoms with van der Waals surface area (Å²) in [5.41, 5.74) is 2.41. The Bertz CT molecular complexity index is 320. The van der Waals surface area contributed by atoms with Crippen LogP contribution in [0.15, 0.2) is 18.3 Å². The summed E-state index contributed by atoms with van der Waals surface area (Å²) in [6, 6.07) is 4.88. The molecule has 0 aliphatic carbocycles. The van der Waals surface area contributed by atoms with E-state index in [1.165, 1.54) is 18.5 Å². The molecule has 1 aliphatic rings. The van der Waals surface area contributed by atoms with Gasteiger partial charge in [-0.2, -0.15) is 0 Å². The van der Waals surface area contributed by atoms with Crippen molar-refractivity contribution >= 4 is 0 Å². The highest BCUT2D eigenvalue weighted by molar-refractivity contribution is 5.13. The van der Waals surface area contributed by atoms with Gasteiger partial charge in [0.2, 0.25) is 0 Å². The molecule has 1 saturated heterocycles. The summed E-state index contributed by atoms with van der Waals surface area (Å²) in [4.78, 5) is 6.86. The van der Waals surface area contributed by atoms with Crippen molar-refractivity contribution in [2.24, 2.45) is 0 Å². The molecule has 1 unspecified atom stereocenters. The zero-order chi connectivity index (χ0) is 11.4. The van der Waals surface area contributed by atoms with Crippen LogP contribution >= 0.6 is 0 Å². The lowest BCUT2D eigenvalue weighted by Gasteiger charge is -2.22. The number of hydrogen-bond acceptors (Lipinski definition) is 3. The number of hydrogen-bond donors (Lipinski definition) is 1. The smallest absolute Gasteiger partial charge is 0.0372 e. The van der Waals surface area contributed by atoms with Crippen molar-refractivity contribution < 1.29 is 0 Å². The molecule has 1 atom stereocenters. The number of rotatable bonds is 2. The molecule has 88 valence electrons. The highest BCUT2D eigenvalue weighted by atomic mass is 15.2. The van der Waals surface area contributed by atoms with E-state index in [0.29, 0.717) is 6.04 Å². The lowest BCUT2D eigenvalue weighted by Crippen LogP contribution is -2.34. The monoisotopic (exact) mass is 219 g/mol. The van der Waals surface area contributed by atoms with E-state index >= 15 is 0 Å². The minimum Gasteiger partial charge on any atom is -0.313 e. The van der Waals surface area contributed by atoms with Crippen LogP contribution in [0.3, 0.4) is 0 Å². The Morgan fingerprint density at radius 1 is 1.50 bits per heavy atom. The van der Waals surface area contributed by atoms with Crippen LogP contribution < -0.4 is 5.32 Å². The van der Waals surface area contributed by atoms with Gasteiger partial charge in [0.05, 0.1) is 0 Å². The fourth-order valence-electron chi connectivity index (χ4n) is 2.19. The van der Waals surface area contributed by atoms with Crippen LogP contribution in [-0.4, -0.2) is 35.6 Å². The first-order chi connectivity index (χ1) is 7.74. The number of pyridine rings is 1. The van der Waals surface area contributed by atoms with Gasteiger partial charge in [-0.05, 0) is 45.0 Å². The average molecular weight is 219 g/mol. The van der Waals surface area contributed by atoms with E-state index in [1.54, 1.807) is 0 Å². The summed E-state index contributed by atoms with van der Waals surface area (Å²) in [6.45, 7) is 8.77. The molecular weight excluding hydrogens is 198 g/mol. The molecule has 2 heterocycles. The van der Waals surface area contributed by atoms with E-state index in [-0.39, 0.29) is 0 Å². The molecule has 1 fully saturated rings. The molecule has 0 aromatic carbocycles. The largest absolute Gasteiger partial charge is 0.313 e. The molecule has 0 amide bonds. The Labute approximate surface area is 97.9 Å². The summed E-state index contributed by atoms with van der Waals surface area (Å²) in [5, 5.41) is 3.51. The molecular formula is C13H21N3. The third-order valence-corrected chi connectivity index (χ3v) is 3.05. The van der Waals surface area contributed by atoms with Crippen LogP contribution in [-0.2, 0) is 6.54 Å². The first-order valence-electron chi connectivity index (χ1n) is 6.11. The van der Waals surface area contributed by atoms with Crippen molar-refractivity contribution in [2.45, 2.75) is 32.9 Å². The zero-order valence-electron chi connectivity index (χ0n) is 10.2. The zero-order valence-corrected chi connectivity index (χ0v) is 10.2. The second kappa shape index (κ2) is 5.41. The van der Waals surface area contributed by atoms with E-state index in [2.05, 4.69) is 34.3 Å². The Balaban J connectivity index is 1.95. The average Bonchev–Trinajstić information content (AvgIpc) is 2.46. The van der Waals surface area contributed by atoms with Crippen molar-refractivity contribution in [1.29, 1.82) is 0 Å². The molecule has 3 heteroatoms. The van der Waals surface area contributed by atoms with Crippen molar-refractivity contribution in [2.75, 3.05) is 19.6 Å². The molecule has 0 bridgehead atoms. The Hall–Kier alpha value is -0.930. The van der Waals surface area contributed by atoms with Crippen LogP contribution in [0.4, 0.5) is 0 Å². The predicted octanol–water partition coefficient (Wildman–Crippen LogP) is 1.57. The van der Waals surface area contributed by atoms with E-state index in [9.17, 15) is 0 Å². The van der Waals surface area contributed by atoms with Gasteiger partial charge in [-0.25, -0.2) is 0 Å². The second-order valence-electron chi connectivity index (χ2n) is 4.75. The number of nitrogens with zero attached hydrogens (tertiary/aromatic N) is 2. The van der Waals surface area contributed by atoms with Crippen LogP contribution in [0.2, 0.25) is 0 Å². The maximum Gasteiger partial charge on any atom is 0.0372 e. The summed E-state index contributed by atoms with van der Waals surface area (Å²) in [5.74, 6) is 0. The minimum atomic E-state index is 0.598. The van der Waals surface area contributed by atoms with E-state index < -0.39 is 0 Å². The normalized spacial score (nSPS) is 23.0. The number of aromatic nitrogens is 1. The van der Waals surface area contributed by atoms with Gasteiger partial charge in [-0.3, -0.25) is 9.88 Å². The first kappa shape index (κ1) is 11.6. The molecule has 1 N–H and O–H groups in total. The second-order valence-corrected chi connectivity index (χ2v) is 4.75. The topological polar surface area (TPSA) is 28.2 Å². The summed E-state index contributed by atoms with van der Waals surface area (Å²) >= 11 is 0. The van der Waals surface area contributed by atoms with Crippen molar-refractivity contribution in [3.05, 3.63) is 29.6 Å². The van der Waals surface area contributed by atoms with Gasteiger partial charge in [-0.1, -0.05) is 6.07 Å². The van der Waals surface area contributed by atoms with E-state index in [1.807, 2.05) is 13.1 Å². The summed E-state index contributed by atoms with van der Waals surface area (Å²) in [7, 11) is 0. The van der Waals surface area contributed by atoms with E-state index in [0.717, 1.165) is 25.3 Å². The predicted molar refractivity (Wildman–Crippen MR) is 66.3 cm³/mol. The van der Waals surface area contributed by atoms with Gasteiger partial charge in [0, 0.05) is 31.0 Å². The van der Waals surface area contributed by atoms with Gasteiger partial charge in [0.25, 0.3) is 0 Å². The lowest BCUT2D eigenvalue weighted by molar-refractivity contribution is 0.264. The Morgan fingerprint density at radius 2 is 2.38 bits per heavy atom. The van der Waals surface area contributed by atoms with Gasteiger partial charge in [0.15, 0.2) is 0 Å². The Morgan fingerprint density at radius 3 is 3.12 bits per heavy atom. The molecule has 1 aromatic heterocycles. The maximum absolute atomic E-state index is 4.34. The molecule has 2 rings (SSSR count). The lowest BCUT2D eigenvalue weighted by atomic mass is 10.2. The fraction of sp³-hybridized carbons (Fsp3) is 0.615. The molecule has 1 aromatic rings. The molecule has 3 nitrogen and oxygen atoms in total. The SMILES string of the molecule is Cc1ccc(CN2CCCNC(C)C2)cn1. The van der Waals surface area contributed by atoms with Gasteiger partial charge in [-0.15, -0.1) is 0 Å². The molecule has 0 saturated carbocycles. The standard InChI is InChI=1S/C13H21N3/c1-11-4-5-13(8-15-11)10-16-7-3-6-14-12(2)9-16/h4-5,8,12,14H,3,6-7,9-10H2,1-2H3. The fourth-order valence-corrected chi connectivity index (χ4v) is 2.19. The Kier molecular flexibility index (Phi) is 3.91. The molecule has 1 aliphatic heterocycles. The van der Waals surface area contributed by atoms with Crippen LogP contribution in [0.5, 0.6) is 0 Å². The minimum absolute atomic E-state index is 0.598. The summed E-state index contributed by atoms with van der Waals surface area (Å²) < 4.78 is 0. The van der Waals surface area contributed by atoms with Gasteiger partial charge in [0.1, 0.15) is 0 Å². The van der Waals surface area contributed by atoms with Crippen LogP contribution in [0.1, 0.15) is 24.6 Å². The highest BCUT2D eigenvalue weighted by Gasteiger charge is 2.13. The molecule has 0 spiro atoms. The maximum atomic E-state index is 4.34.